The fourth-order valence-electron chi connectivity index (χ4n) is 4.57. The Labute approximate surface area is 614 Å². The first-order chi connectivity index (χ1) is 45.0. The van der Waals surface area contributed by atoms with Crippen molar-refractivity contribution in [2.45, 2.75) is 279 Å². The molecule has 0 heterocycles. The molecule has 0 bridgehead atoms. The minimum Gasteiger partial charge on any atom is -0.437 e. The number of rotatable bonds is 30. The number of hydrogen-bond acceptors (Lipinski definition) is 29. The summed E-state index contributed by atoms with van der Waals surface area (Å²) < 4.78 is 148. The molecule has 0 aromatic rings. The van der Waals surface area contributed by atoms with Gasteiger partial charge in [-0.05, 0) is 157 Å². The van der Waals surface area contributed by atoms with Crippen molar-refractivity contribution in [3.8, 4) is 0 Å². The minimum atomic E-state index is -4.16. The molecule has 614 valence electrons. The molecule has 30 nitrogen and oxygen atoms in total. The third-order valence-corrected chi connectivity index (χ3v) is 14.0. The molecule has 0 saturated carbocycles. The quantitative estimate of drug-likeness (QED) is 0.0229. The van der Waals surface area contributed by atoms with Gasteiger partial charge in [-0.25, -0.2) is 46.2 Å². The topological polar surface area (TPSA) is 358 Å². The lowest BCUT2D eigenvalue weighted by Crippen LogP contribution is -2.26. The molecule has 0 aromatic heterocycles. The van der Waals surface area contributed by atoms with E-state index in [1.807, 2.05) is 145 Å². The van der Waals surface area contributed by atoms with E-state index in [9.17, 15) is 42.2 Å². The molecule has 0 spiro atoms. The Bertz CT molecular complexity index is 2410. The van der Waals surface area contributed by atoms with E-state index < -0.39 is 111 Å². The van der Waals surface area contributed by atoms with Gasteiger partial charge in [-0.15, -0.1) is 0 Å². The first kappa shape index (κ1) is 110. The van der Waals surface area contributed by atoms with Crippen molar-refractivity contribution in [1.82, 2.24) is 0 Å². The lowest BCUT2D eigenvalue weighted by molar-refractivity contribution is -0.163. The highest BCUT2D eigenvalue weighted by Gasteiger charge is 2.39. The van der Waals surface area contributed by atoms with E-state index >= 15 is 0 Å². The Hall–Kier alpha value is -2.85. The van der Waals surface area contributed by atoms with E-state index in [1.165, 1.54) is 6.66 Å². The van der Waals surface area contributed by atoms with E-state index in [4.69, 9.17) is 88.0 Å². The molecule has 1 atom stereocenters. The number of esters is 2. The molecule has 0 radical (unpaired) electrons. The van der Waals surface area contributed by atoms with E-state index in [2.05, 4.69) is 30.2 Å². The number of carbonyl (C=O) groups excluding carboxylic acids is 5. The van der Waals surface area contributed by atoms with Crippen molar-refractivity contribution in [2.24, 2.45) is 43.3 Å². The Morgan fingerprint density at radius 1 is 0.324 bits per heavy atom. The van der Waals surface area contributed by atoms with Crippen LogP contribution < -0.4 is 0 Å². The van der Waals surface area contributed by atoms with Crippen LogP contribution in [-0.4, -0.2) is 159 Å². The van der Waals surface area contributed by atoms with Gasteiger partial charge in [0.15, 0.2) is 0 Å². The lowest BCUT2D eigenvalue weighted by atomic mass is 9.98. The second kappa shape index (κ2) is 49.2. The van der Waals surface area contributed by atoms with E-state index in [-0.39, 0.29) is 64.0 Å². The molecular weight excluding hydrogens is 1420 g/mol. The number of hydrogen-bond donors (Lipinski definition) is 1. The molecule has 0 aliphatic heterocycles. The summed E-state index contributed by atoms with van der Waals surface area (Å²) in [5, 5.41) is 0. The summed E-state index contributed by atoms with van der Waals surface area (Å²) in [6, 6.07) is 0. The van der Waals surface area contributed by atoms with E-state index in [1.54, 1.807) is 90.2 Å². The largest absolute Gasteiger partial charge is 0.510 e. The first-order valence-electron chi connectivity index (χ1n) is 33.6. The van der Waals surface area contributed by atoms with Crippen LogP contribution in [0.1, 0.15) is 249 Å². The number of carbonyl (C=O) groups is 5. The van der Waals surface area contributed by atoms with Crippen LogP contribution in [0.4, 0.5) is 14.4 Å². The molecule has 0 aliphatic carbocycles. The lowest BCUT2D eigenvalue weighted by Gasteiger charge is -2.32. The van der Waals surface area contributed by atoms with Gasteiger partial charge in [0.2, 0.25) is 27.2 Å². The summed E-state index contributed by atoms with van der Waals surface area (Å²) in [5.74, 6) is -1.06. The van der Waals surface area contributed by atoms with Gasteiger partial charge in [0.1, 0.15) is 0 Å². The average Bonchev–Trinajstić information content (AvgIpc) is 0.839. The summed E-state index contributed by atoms with van der Waals surface area (Å²) in [6.45, 7) is 68.3. The van der Waals surface area contributed by atoms with Crippen LogP contribution in [0.15, 0.2) is 0 Å². The molecule has 0 rings (SSSR count). The zero-order chi connectivity index (χ0) is 82.2. The minimum absolute atomic E-state index is 0.00397. The van der Waals surface area contributed by atoms with Gasteiger partial charge < -0.3 is 56.8 Å². The number of phosphoric acid groups is 3. The summed E-state index contributed by atoms with van der Waals surface area (Å²) in [5.41, 5.74) is -3.18. The maximum absolute atomic E-state index is 12.7. The van der Waals surface area contributed by atoms with E-state index in [0.717, 1.165) is 6.61 Å². The number of phosphoric ester groups is 3. The highest BCUT2D eigenvalue weighted by Crippen LogP contribution is 2.56. The molecular formula is C68H142O30P4. The third-order valence-electron chi connectivity index (χ3n) is 8.86. The van der Waals surface area contributed by atoms with Gasteiger partial charge in [-0.2, -0.15) is 0 Å². The monoisotopic (exact) mass is 1560 g/mol. The molecule has 1 unspecified atom stereocenters. The third kappa shape index (κ3) is 86.1. The van der Waals surface area contributed by atoms with Crippen molar-refractivity contribution in [1.29, 1.82) is 0 Å². The standard InChI is InChI=1S/C17H33O8P.C15H29O10P.C13H29O4P.C9H18O3.C8H18O2.C6H15O3P/c1-15(2,3)10-23-26(20,24-11-21-13(18)16(4,5)6)25-12-22-14(19)17(7,8)9;1-11(2)24-13(16)19-9-22-26(18,21-8-15(5,6)7)23-10-20-14(17)25-12(3)4;1-11(2,3)10-15-18(14,16-12(4,5)6)17-13(7,8)9;1-7(2)12-8(10)11-6-9(3,4)5;1-8(2,3)7-10-6-5-9-4;1-6(2,3)5-9-10(4,7)8/h10-12H2,1-9H3;11-12H,8-10H2,1-7H3;10H2,1-9H3;7H,6H2,1-5H3;5-7H2,1-4H3;5H2,1-4H3,(H,7,8). The predicted molar refractivity (Wildman–Crippen MR) is 391 cm³/mol. The predicted octanol–water partition coefficient (Wildman–Crippen LogP) is 19.5. The zero-order valence-corrected chi connectivity index (χ0v) is 73.4. The molecule has 1 N–H and O–H groups in total. The van der Waals surface area contributed by atoms with Crippen LogP contribution in [0, 0.1) is 43.3 Å². The maximum Gasteiger partial charge on any atom is 0.510 e. The van der Waals surface area contributed by atoms with Crippen molar-refractivity contribution in [3.05, 3.63) is 0 Å². The van der Waals surface area contributed by atoms with Crippen LogP contribution >= 0.6 is 31.1 Å². The van der Waals surface area contributed by atoms with Crippen molar-refractivity contribution < 1.29 is 140 Å². The maximum atomic E-state index is 12.7. The van der Waals surface area contributed by atoms with Crippen LogP contribution in [0.25, 0.3) is 0 Å². The second-order valence-corrected chi connectivity index (χ2v) is 42.0. The highest BCUT2D eigenvalue weighted by atomic mass is 31.2. The van der Waals surface area contributed by atoms with Crippen molar-refractivity contribution in [2.75, 3.05) is 93.8 Å². The SMILES string of the molecule is CC(C)(C)COP(=O)(OC(C)(C)C)OC(C)(C)C.CC(C)(C)COP(=O)(OCOC(=O)C(C)(C)C)OCOC(=O)C(C)(C)C.CC(C)(C)COP(C)(=O)O.CC(C)OC(=O)OCC(C)(C)C.CC(C)OC(=O)OCOP(=O)(OCOC(=O)OC(C)C)OCC(C)(C)C.COCCOCC(C)(C)C. The van der Waals surface area contributed by atoms with Crippen LogP contribution in [0.5, 0.6) is 0 Å². The molecule has 0 aliphatic rings. The van der Waals surface area contributed by atoms with Gasteiger partial charge in [-0.3, -0.25) is 36.8 Å². The van der Waals surface area contributed by atoms with Gasteiger partial charge >= 0.3 is 61.5 Å². The van der Waals surface area contributed by atoms with Gasteiger partial charge in [0, 0.05) is 13.8 Å². The molecule has 34 heteroatoms. The molecule has 0 amide bonds. The number of methoxy groups -OCH3 is 1. The molecule has 102 heavy (non-hydrogen) atoms. The molecule has 0 fully saturated rings. The Balaban J connectivity index is -0.000000283. The normalized spacial score (nSPS) is 13.5. The molecule has 0 aromatic carbocycles. The number of ether oxygens (including phenoxy) is 10. The van der Waals surface area contributed by atoms with Gasteiger partial charge in [0.25, 0.3) is 0 Å². The van der Waals surface area contributed by atoms with Gasteiger partial charge in [0.05, 0.1) is 93.2 Å². The summed E-state index contributed by atoms with van der Waals surface area (Å²) in [6.07, 6.45) is -3.47. The smallest absolute Gasteiger partial charge is 0.437 e. The van der Waals surface area contributed by atoms with Crippen molar-refractivity contribution >= 4 is 61.5 Å². The van der Waals surface area contributed by atoms with Gasteiger partial charge in [-0.1, -0.05) is 125 Å². The fourth-order valence-corrected chi connectivity index (χ4v) is 9.49. The fraction of sp³-hybridized carbons (Fsp3) is 0.926. The Kier molecular flexibility index (Phi) is 53.1. The Morgan fingerprint density at radius 2 is 0.569 bits per heavy atom. The Morgan fingerprint density at radius 3 is 0.784 bits per heavy atom. The average molecular weight is 1560 g/mol. The van der Waals surface area contributed by atoms with Crippen LogP contribution in [-0.2, 0) is 120 Å². The first-order valence-corrected chi connectivity index (χ1v) is 40.0. The van der Waals surface area contributed by atoms with Crippen LogP contribution in [0.2, 0.25) is 0 Å². The summed E-state index contributed by atoms with van der Waals surface area (Å²) in [4.78, 5) is 65.6. The zero-order valence-electron chi connectivity index (χ0n) is 69.8. The highest BCUT2D eigenvalue weighted by molar-refractivity contribution is 7.52. The van der Waals surface area contributed by atoms with Crippen molar-refractivity contribution in [3.63, 3.8) is 0 Å². The second-order valence-electron chi connectivity index (χ2n) is 35.2. The molecule has 0 saturated heterocycles. The summed E-state index contributed by atoms with van der Waals surface area (Å²) >= 11 is 0. The summed E-state index contributed by atoms with van der Waals surface area (Å²) in [7, 11) is -13.4. The van der Waals surface area contributed by atoms with E-state index in [0.29, 0.717) is 33.0 Å². The van der Waals surface area contributed by atoms with Crippen LogP contribution in [0.3, 0.4) is 0 Å².